The van der Waals surface area contributed by atoms with Crippen molar-refractivity contribution in [3.8, 4) is 17.3 Å². The lowest BCUT2D eigenvalue weighted by molar-refractivity contribution is -0.149. The normalized spacial score (nSPS) is 21.3. The fourth-order valence-electron chi connectivity index (χ4n) is 3.74. The van der Waals surface area contributed by atoms with Gasteiger partial charge in [0.25, 0.3) is 0 Å². The molecule has 3 rings (SSSR count). The summed E-state index contributed by atoms with van der Waals surface area (Å²) in [6.45, 7) is 0. The lowest BCUT2D eigenvalue weighted by Crippen LogP contribution is -2.53. The van der Waals surface area contributed by atoms with E-state index >= 15 is 0 Å². The van der Waals surface area contributed by atoms with Crippen LogP contribution in [0.2, 0.25) is 0 Å². The zero-order valence-electron chi connectivity index (χ0n) is 15.4. The van der Waals surface area contributed by atoms with Crippen molar-refractivity contribution >= 4 is 12.1 Å². The Labute approximate surface area is 169 Å². The Morgan fingerprint density at radius 3 is 2.40 bits per heavy atom. The van der Waals surface area contributed by atoms with Crippen LogP contribution < -0.4 is 0 Å². The molecule has 1 fully saturated rings. The zero-order valence-corrected chi connectivity index (χ0v) is 15.4. The van der Waals surface area contributed by atoms with Gasteiger partial charge in [-0.25, -0.2) is 9.59 Å². The van der Waals surface area contributed by atoms with E-state index in [2.05, 4.69) is 4.98 Å². The summed E-state index contributed by atoms with van der Waals surface area (Å²) in [5.74, 6) is -1.41. The van der Waals surface area contributed by atoms with Crippen molar-refractivity contribution in [3.05, 3.63) is 53.7 Å². The number of carboxylic acids is 1. The molecule has 2 N–H and O–H groups in total. The monoisotopic (exact) mass is 419 g/mol. The number of likely N-dealkylation sites (tertiary alicyclic amines) is 1. The van der Waals surface area contributed by atoms with Crippen LogP contribution in [-0.2, 0) is 11.0 Å². The third kappa shape index (κ3) is 3.66. The molecule has 30 heavy (non-hydrogen) atoms. The van der Waals surface area contributed by atoms with Gasteiger partial charge in [-0.15, -0.1) is 0 Å². The molecule has 0 radical (unpaired) electrons. The van der Waals surface area contributed by atoms with Crippen LogP contribution in [0.5, 0.6) is 0 Å². The van der Waals surface area contributed by atoms with Crippen LogP contribution in [0, 0.1) is 11.3 Å². The van der Waals surface area contributed by atoms with Crippen molar-refractivity contribution in [2.24, 2.45) is 0 Å². The minimum atomic E-state index is -4.47. The molecule has 2 heterocycles. The van der Waals surface area contributed by atoms with Gasteiger partial charge in [-0.05, 0) is 37.1 Å². The van der Waals surface area contributed by atoms with Crippen LogP contribution in [-0.4, -0.2) is 37.7 Å². The van der Waals surface area contributed by atoms with Gasteiger partial charge in [0.1, 0.15) is 0 Å². The van der Waals surface area contributed by atoms with Gasteiger partial charge in [0.05, 0.1) is 35.5 Å². The molecule has 0 unspecified atom stereocenters. The molecule has 1 aromatic heterocycles. The molecule has 10 heteroatoms. The summed E-state index contributed by atoms with van der Waals surface area (Å²) >= 11 is 0. The van der Waals surface area contributed by atoms with E-state index in [1.807, 2.05) is 0 Å². The molecule has 2 atom stereocenters. The molecule has 1 aliphatic rings. The minimum Gasteiger partial charge on any atom is -0.479 e. The highest BCUT2D eigenvalue weighted by molar-refractivity contribution is 5.85. The Bertz CT molecular complexity index is 1020. The number of aromatic nitrogens is 1. The number of aliphatic carboxylic acids is 1. The molecular formula is C20H16F3N3O4. The number of rotatable bonds is 4. The second-order valence-electron chi connectivity index (χ2n) is 6.90. The number of hydrogen-bond donors (Lipinski definition) is 2. The number of pyridine rings is 1. The molecule has 1 aromatic carbocycles. The van der Waals surface area contributed by atoms with E-state index in [0.29, 0.717) is 11.3 Å². The van der Waals surface area contributed by atoms with Crippen molar-refractivity contribution in [2.45, 2.75) is 37.0 Å². The predicted molar refractivity (Wildman–Crippen MR) is 97.1 cm³/mol. The Kier molecular flexibility index (Phi) is 5.39. The van der Waals surface area contributed by atoms with Crippen LogP contribution >= 0.6 is 0 Å². The van der Waals surface area contributed by atoms with E-state index in [4.69, 9.17) is 5.26 Å². The topological polar surface area (TPSA) is 115 Å². The summed E-state index contributed by atoms with van der Waals surface area (Å²) in [5.41, 5.74) is -1.71. The predicted octanol–water partition coefficient (Wildman–Crippen LogP) is 4.32. The fourth-order valence-corrected chi connectivity index (χ4v) is 3.74. The van der Waals surface area contributed by atoms with E-state index in [0.717, 1.165) is 17.0 Å². The first-order valence-corrected chi connectivity index (χ1v) is 8.87. The second-order valence-corrected chi connectivity index (χ2v) is 6.90. The maximum Gasteiger partial charge on any atom is 0.416 e. The van der Waals surface area contributed by atoms with Gasteiger partial charge < -0.3 is 10.2 Å². The first-order valence-electron chi connectivity index (χ1n) is 8.87. The highest BCUT2D eigenvalue weighted by Gasteiger charge is 2.55. The summed E-state index contributed by atoms with van der Waals surface area (Å²) in [5, 5.41) is 28.3. The van der Waals surface area contributed by atoms with Crippen molar-refractivity contribution in [3.63, 3.8) is 0 Å². The maximum atomic E-state index is 12.8. The summed E-state index contributed by atoms with van der Waals surface area (Å²) < 4.78 is 38.3. The average molecular weight is 419 g/mol. The van der Waals surface area contributed by atoms with Crippen LogP contribution in [0.25, 0.3) is 11.3 Å². The van der Waals surface area contributed by atoms with Gasteiger partial charge in [-0.1, -0.05) is 18.2 Å². The quantitative estimate of drug-likeness (QED) is 0.763. The van der Waals surface area contributed by atoms with Gasteiger partial charge >= 0.3 is 18.2 Å². The second kappa shape index (κ2) is 7.67. The first-order chi connectivity index (χ1) is 14.1. The highest BCUT2D eigenvalue weighted by Crippen LogP contribution is 2.44. The molecule has 7 nitrogen and oxygen atoms in total. The Morgan fingerprint density at radius 2 is 1.87 bits per heavy atom. The van der Waals surface area contributed by atoms with Gasteiger partial charge in [0.15, 0.2) is 5.54 Å². The number of benzene rings is 1. The molecule has 156 valence electrons. The van der Waals surface area contributed by atoms with Gasteiger partial charge in [-0.2, -0.15) is 18.4 Å². The summed E-state index contributed by atoms with van der Waals surface area (Å²) in [7, 11) is 0. The number of carboxylic acid groups (broad SMARTS) is 2. The van der Waals surface area contributed by atoms with Gasteiger partial charge in [0.2, 0.25) is 0 Å². The Hall–Kier alpha value is -3.61. The van der Waals surface area contributed by atoms with Crippen molar-refractivity contribution in [2.75, 3.05) is 0 Å². The SMILES string of the molecule is N#CC[C@@]1(C(=O)O)CC[C@H](c2cccc(-c3ccc(C(F)(F)F)cc3)n2)N1C(=O)O. The van der Waals surface area contributed by atoms with E-state index in [1.165, 1.54) is 18.2 Å². The van der Waals surface area contributed by atoms with Gasteiger partial charge in [0, 0.05) is 5.56 Å². The molecule has 0 saturated carbocycles. The molecular weight excluding hydrogens is 403 g/mol. The molecule has 2 aromatic rings. The third-order valence-electron chi connectivity index (χ3n) is 5.20. The van der Waals surface area contributed by atoms with E-state index in [-0.39, 0.29) is 18.5 Å². The smallest absolute Gasteiger partial charge is 0.416 e. The van der Waals surface area contributed by atoms with E-state index in [1.54, 1.807) is 18.2 Å². The Morgan fingerprint density at radius 1 is 1.20 bits per heavy atom. The van der Waals surface area contributed by atoms with Crippen LogP contribution in [0.3, 0.4) is 0 Å². The number of amides is 1. The van der Waals surface area contributed by atoms with Crippen molar-refractivity contribution in [1.82, 2.24) is 9.88 Å². The van der Waals surface area contributed by atoms with Crippen molar-refractivity contribution in [1.29, 1.82) is 5.26 Å². The minimum absolute atomic E-state index is 0.0565. The first kappa shape index (κ1) is 21.1. The highest BCUT2D eigenvalue weighted by atomic mass is 19.4. The third-order valence-corrected chi connectivity index (χ3v) is 5.20. The number of nitrogens with zero attached hydrogens (tertiary/aromatic N) is 3. The van der Waals surface area contributed by atoms with Crippen LogP contribution in [0.1, 0.15) is 36.6 Å². The van der Waals surface area contributed by atoms with Crippen LogP contribution in [0.4, 0.5) is 18.0 Å². The lowest BCUT2D eigenvalue weighted by Gasteiger charge is -2.34. The molecule has 0 aliphatic carbocycles. The van der Waals surface area contributed by atoms with E-state index in [9.17, 15) is 33.0 Å². The lowest BCUT2D eigenvalue weighted by atomic mass is 9.93. The number of carbonyl (C=O) groups is 2. The number of alkyl halides is 3. The Balaban J connectivity index is 1.98. The standard InChI is InChI=1S/C20H16F3N3O4/c21-20(22,23)13-6-4-12(5-7-13)14-2-1-3-15(25-14)16-8-9-19(10-11-24,17(27)28)26(16)18(29)30/h1-7,16H,8-10H2,(H,27,28)(H,29,30)/t16-,19-/m1/s1. The molecule has 1 saturated heterocycles. The molecule has 0 bridgehead atoms. The summed E-state index contributed by atoms with van der Waals surface area (Å²) in [6.07, 6.45) is -6.38. The number of nitriles is 1. The maximum absolute atomic E-state index is 12.8. The van der Waals surface area contributed by atoms with E-state index < -0.39 is 41.8 Å². The average Bonchev–Trinajstić information content (AvgIpc) is 3.09. The fraction of sp³-hybridized carbons (Fsp3) is 0.300. The largest absolute Gasteiger partial charge is 0.479 e. The van der Waals surface area contributed by atoms with Crippen molar-refractivity contribution < 1.29 is 33.0 Å². The zero-order chi connectivity index (χ0) is 22.1. The summed E-state index contributed by atoms with van der Waals surface area (Å²) in [4.78, 5) is 28.8. The molecule has 1 aliphatic heterocycles. The molecule has 0 spiro atoms. The molecule has 1 amide bonds. The number of halogens is 3. The summed E-state index contributed by atoms with van der Waals surface area (Å²) in [6, 6.07) is 9.86. The van der Waals surface area contributed by atoms with Gasteiger partial charge in [-0.3, -0.25) is 9.88 Å². The van der Waals surface area contributed by atoms with Crippen LogP contribution in [0.15, 0.2) is 42.5 Å². The number of hydrogen-bond acceptors (Lipinski definition) is 4.